The topological polar surface area (TPSA) is 49.9 Å². The highest BCUT2D eigenvalue weighted by Crippen LogP contribution is 2.44. The molecule has 2 fully saturated rings. The molecule has 0 radical (unpaired) electrons. The van der Waals surface area contributed by atoms with Crippen LogP contribution in [0.3, 0.4) is 0 Å². The summed E-state index contributed by atoms with van der Waals surface area (Å²) in [7, 11) is 0. The minimum Gasteiger partial charge on any atom is -0.378 e. The third kappa shape index (κ3) is 3.09. The van der Waals surface area contributed by atoms with Gasteiger partial charge in [-0.05, 0) is 18.4 Å². The van der Waals surface area contributed by atoms with E-state index in [2.05, 4.69) is 0 Å². The first kappa shape index (κ1) is 14.9. The maximum absolute atomic E-state index is 12.4. The molecule has 7 heteroatoms. The van der Waals surface area contributed by atoms with Crippen LogP contribution in [0.2, 0.25) is 0 Å². The van der Waals surface area contributed by atoms with Crippen LogP contribution in [0.15, 0.2) is 17.5 Å². The summed E-state index contributed by atoms with van der Waals surface area (Å²) in [6, 6.07) is 4.01. The Morgan fingerprint density at radius 2 is 2.19 bits per heavy atom. The van der Waals surface area contributed by atoms with Gasteiger partial charge >= 0.3 is 0 Å². The maximum Gasteiger partial charge on any atom is 0.242 e. The predicted molar refractivity (Wildman–Crippen MR) is 83.2 cm³/mol. The van der Waals surface area contributed by atoms with Crippen LogP contribution in [0.4, 0.5) is 0 Å². The molecule has 2 saturated heterocycles. The second-order valence-corrected chi connectivity index (χ2v) is 7.51. The van der Waals surface area contributed by atoms with Gasteiger partial charge in [-0.3, -0.25) is 9.59 Å². The third-order valence-corrected chi connectivity index (χ3v) is 6.15. The normalized spacial score (nSPS) is 26.4. The lowest BCUT2D eigenvalue weighted by molar-refractivity contribution is -0.142. The van der Waals surface area contributed by atoms with Crippen LogP contribution in [0.1, 0.15) is 17.2 Å². The highest BCUT2D eigenvalue weighted by atomic mass is 32.2. The molecule has 3 rings (SSSR count). The highest BCUT2D eigenvalue weighted by molar-refractivity contribution is 8.01. The average molecular weight is 326 g/mol. The Kier molecular flexibility index (Phi) is 4.51. The smallest absolute Gasteiger partial charge is 0.242 e. The number of hydrogen-bond donors (Lipinski definition) is 0. The Morgan fingerprint density at radius 1 is 1.43 bits per heavy atom. The fourth-order valence-electron chi connectivity index (χ4n) is 2.55. The zero-order valence-electron chi connectivity index (χ0n) is 11.9. The van der Waals surface area contributed by atoms with Gasteiger partial charge in [-0.1, -0.05) is 6.07 Å². The van der Waals surface area contributed by atoms with Gasteiger partial charge in [0.1, 0.15) is 11.9 Å². The van der Waals surface area contributed by atoms with E-state index in [9.17, 15) is 9.59 Å². The Hall–Kier alpha value is -1.05. The molecule has 2 atom stereocenters. The summed E-state index contributed by atoms with van der Waals surface area (Å²) in [4.78, 5) is 29.4. The average Bonchev–Trinajstić information content (AvgIpc) is 3.12. The second-order valence-electron chi connectivity index (χ2n) is 5.11. The first-order valence-electron chi connectivity index (χ1n) is 7.01. The quantitative estimate of drug-likeness (QED) is 0.846. The monoisotopic (exact) mass is 326 g/mol. The fraction of sp³-hybridized carbons (Fsp3) is 0.571. The van der Waals surface area contributed by atoms with E-state index in [1.807, 2.05) is 24.4 Å². The van der Waals surface area contributed by atoms with Crippen LogP contribution < -0.4 is 0 Å². The lowest BCUT2D eigenvalue weighted by Crippen LogP contribution is -2.46. The molecule has 0 aliphatic carbocycles. The molecule has 0 aromatic carbocycles. The van der Waals surface area contributed by atoms with Crippen LogP contribution in [-0.4, -0.2) is 59.7 Å². The summed E-state index contributed by atoms with van der Waals surface area (Å²) in [5.41, 5.74) is 0. The number of rotatable bonds is 3. The first-order valence-corrected chi connectivity index (χ1v) is 8.84. The largest absolute Gasteiger partial charge is 0.378 e. The Balaban J connectivity index is 1.71. The van der Waals surface area contributed by atoms with Crippen molar-refractivity contribution in [2.45, 2.75) is 17.5 Å². The van der Waals surface area contributed by atoms with Gasteiger partial charge in [0, 0.05) is 18.0 Å². The van der Waals surface area contributed by atoms with E-state index in [0.29, 0.717) is 26.3 Å². The van der Waals surface area contributed by atoms with Gasteiger partial charge in [0.2, 0.25) is 11.8 Å². The third-order valence-electron chi connectivity index (χ3n) is 3.70. The molecule has 0 spiro atoms. The number of hydrogen-bond acceptors (Lipinski definition) is 5. The van der Waals surface area contributed by atoms with Crippen LogP contribution in [0.5, 0.6) is 0 Å². The van der Waals surface area contributed by atoms with Crippen molar-refractivity contribution in [3.8, 4) is 0 Å². The minimum atomic E-state index is -0.0883. The molecule has 114 valence electrons. The maximum atomic E-state index is 12.4. The summed E-state index contributed by atoms with van der Waals surface area (Å²) in [6.45, 7) is 4.48. The molecule has 0 N–H and O–H groups in total. The van der Waals surface area contributed by atoms with Gasteiger partial charge in [0.15, 0.2) is 0 Å². The summed E-state index contributed by atoms with van der Waals surface area (Å²) in [6.07, 6.45) is 0. The van der Waals surface area contributed by atoms with Gasteiger partial charge in [-0.25, -0.2) is 0 Å². The van der Waals surface area contributed by atoms with Crippen molar-refractivity contribution in [2.75, 3.05) is 32.8 Å². The number of ether oxygens (including phenoxy) is 1. The Labute approximate surface area is 132 Å². The van der Waals surface area contributed by atoms with Crippen molar-refractivity contribution >= 4 is 34.9 Å². The van der Waals surface area contributed by atoms with Crippen LogP contribution in [0.25, 0.3) is 0 Å². The molecule has 1 aromatic rings. The molecule has 2 aliphatic rings. The van der Waals surface area contributed by atoms with Crippen molar-refractivity contribution in [3.05, 3.63) is 22.4 Å². The SMILES string of the molecule is C[C@H]1S[C@@H](c2cccs2)N(CC(=O)N2CCOCC2)C1=O. The molecule has 5 nitrogen and oxygen atoms in total. The summed E-state index contributed by atoms with van der Waals surface area (Å²) >= 11 is 3.25. The molecule has 0 unspecified atom stereocenters. The highest BCUT2D eigenvalue weighted by Gasteiger charge is 2.40. The standard InChI is InChI=1S/C14H18N2O3S2/c1-10-13(18)16(14(21-10)11-3-2-8-20-11)9-12(17)15-4-6-19-7-5-15/h2-3,8,10,14H,4-7,9H2,1H3/t10-,14+/m1/s1. The van der Waals surface area contributed by atoms with Crippen molar-refractivity contribution in [1.82, 2.24) is 9.80 Å². The van der Waals surface area contributed by atoms with E-state index in [1.54, 1.807) is 32.9 Å². The molecule has 0 saturated carbocycles. The molecule has 0 bridgehead atoms. The molecule has 3 heterocycles. The van der Waals surface area contributed by atoms with Gasteiger partial charge in [-0.15, -0.1) is 23.1 Å². The van der Waals surface area contributed by atoms with E-state index in [-0.39, 0.29) is 29.0 Å². The van der Waals surface area contributed by atoms with Crippen LogP contribution in [-0.2, 0) is 14.3 Å². The van der Waals surface area contributed by atoms with Crippen molar-refractivity contribution in [3.63, 3.8) is 0 Å². The predicted octanol–water partition coefficient (Wildman–Crippen LogP) is 1.57. The van der Waals surface area contributed by atoms with Gasteiger partial charge in [0.25, 0.3) is 0 Å². The Bertz CT molecular complexity index is 514. The molecular formula is C14H18N2O3S2. The van der Waals surface area contributed by atoms with E-state index < -0.39 is 0 Å². The molecule has 1 aromatic heterocycles. The van der Waals surface area contributed by atoms with Crippen LogP contribution >= 0.6 is 23.1 Å². The number of amides is 2. The van der Waals surface area contributed by atoms with E-state index >= 15 is 0 Å². The van der Waals surface area contributed by atoms with Gasteiger partial charge < -0.3 is 14.5 Å². The van der Waals surface area contributed by atoms with E-state index in [1.165, 1.54) is 0 Å². The Morgan fingerprint density at radius 3 is 2.86 bits per heavy atom. The van der Waals surface area contributed by atoms with Crippen molar-refractivity contribution in [1.29, 1.82) is 0 Å². The molecule has 2 amide bonds. The first-order chi connectivity index (χ1) is 10.2. The number of carbonyl (C=O) groups excluding carboxylic acids is 2. The molecule has 21 heavy (non-hydrogen) atoms. The summed E-state index contributed by atoms with van der Waals surface area (Å²) in [5, 5.41) is 1.89. The van der Waals surface area contributed by atoms with Gasteiger partial charge in [-0.2, -0.15) is 0 Å². The summed E-state index contributed by atoms with van der Waals surface area (Å²) in [5.74, 6) is 0.0721. The van der Waals surface area contributed by atoms with Gasteiger partial charge in [0.05, 0.1) is 18.5 Å². The second kappa shape index (κ2) is 6.37. The van der Waals surface area contributed by atoms with Crippen molar-refractivity contribution in [2.24, 2.45) is 0 Å². The van der Waals surface area contributed by atoms with E-state index in [0.717, 1.165) is 4.88 Å². The van der Waals surface area contributed by atoms with E-state index in [4.69, 9.17) is 4.74 Å². The number of thiophene rings is 1. The number of thioether (sulfide) groups is 1. The zero-order valence-corrected chi connectivity index (χ0v) is 13.5. The zero-order chi connectivity index (χ0) is 14.8. The minimum absolute atomic E-state index is 0.0166. The summed E-state index contributed by atoms with van der Waals surface area (Å²) < 4.78 is 5.26. The fourth-order valence-corrected chi connectivity index (χ4v) is 4.77. The lowest BCUT2D eigenvalue weighted by atomic mass is 10.3. The molecule has 2 aliphatic heterocycles. The van der Waals surface area contributed by atoms with Crippen LogP contribution in [0, 0.1) is 0 Å². The molecular weight excluding hydrogens is 308 g/mol. The number of carbonyl (C=O) groups is 2. The number of nitrogens with zero attached hydrogens (tertiary/aromatic N) is 2. The lowest BCUT2D eigenvalue weighted by Gasteiger charge is -2.30. The number of morpholine rings is 1. The van der Waals surface area contributed by atoms with Crippen molar-refractivity contribution < 1.29 is 14.3 Å².